The highest BCUT2D eigenvalue weighted by atomic mass is 16.5. The second kappa shape index (κ2) is 10.8. The topological polar surface area (TPSA) is 122 Å². The molecule has 0 spiro atoms. The van der Waals surface area contributed by atoms with Crippen LogP contribution in [0.25, 0.3) is 28.2 Å². The molecular formula is C31H31N7O3. The molecule has 1 saturated heterocycles. The minimum Gasteiger partial charge on any atom is -0.487 e. The number of hydrogen-bond acceptors (Lipinski definition) is 8. The molecule has 0 aliphatic carbocycles. The lowest BCUT2D eigenvalue weighted by Crippen LogP contribution is -2.49. The fourth-order valence-electron chi connectivity index (χ4n) is 5.31. The molecule has 10 nitrogen and oxygen atoms in total. The summed E-state index contributed by atoms with van der Waals surface area (Å²) in [6.07, 6.45) is 6.27. The second-order valence-electron chi connectivity index (χ2n) is 10.9. The highest BCUT2D eigenvalue weighted by Crippen LogP contribution is 2.25. The highest BCUT2D eigenvalue weighted by Gasteiger charge is 2.33. The average molecular weight is 550 g/mol. The van der Waals surface area contributed by atoms with Gasteiger partial charge in [-0.2, -0.15) is 5.26 Å². The molecule has 6 rings (SSSR count). The lowest BCUT2D eigenvalue weighted by molar-refractivity contribution is -0.0571. The van der Waals surface area contributed by atoms with Gasteiger partial charge in [0.1, 0.15) is 12.2 Å². The maximum Gasteiger partial charge on any atom is 0.255 e. The number of fused-ring (bicyclic) bond motifs is 3. The molecule has 5 aromatic rings. The van der Waals surface area contributed by atoms with Crippen LogP contribution in [0.15, 0.2) is 71.9 Å². The van der Waals surface area contributed by atoms with Gasteiger partial charge >= 0.3 is 0 Å². The number of nitrogens with zero attached hydrogens (tertiary/aromatic N) is 7. The van der Waals surface area contributed by atoms with Crippen molar-refractivity contribution in [1.29, 1.82) is 5.26 Å². The minimum absolute atomic E-state index is 0.173. The Balaban J connectivity index is 1.18. The van der Waals surface area contributed by atoms with Crippen molar-refractivity contribution in [2.24, 2.45) is 0 Å². The number of likely N-dealkylation sites (tertiary alicyclic amines) is 1. The number of nitriles is 1. The maximum absolute atomic E-state index is 12.9. The average Bonchev–Trinajstić information content (AvgIpc) is 3.36. The van der Waals surface area contributed by atoms with Crippen LogP contribution in [0.5, 0.6) is 5.75 Å². The monoisotopic (exact) mass is 549 g/mol. The predicted molar refractivity (Wildman–Crippen MR) is 155 cm³/mol. The molecule has 0 saturated carbocycles. The first-order valence-electron chi connectivity index (χ1n) is 13.7. The first kappa shape index (κ1) is 26.6. The van der Waals surface area contributed by atoms with Crippen molar-refractivity contribution in [3.63, 3.8) is 0 Å². The molecule has 1 aliphatic heterocycles. The molecule has 0 atom stereocenters. The third-order valence-corrected chi connectivity index (χ3v) is 7.79. The zero-order valence-corrected chi connectivity index (χ0v) is 23.1. The maximum atomic E-state index is 12.9. The van der Waals surface area contributed by atoms with Crippen LogP contribution in [0.3, 0.4) is 0 Å². The summed E-state index contributed by atoms with van der Waals surface area (Å²) >= 11 is 0. The summed E-state index contributed by atoms with van der Waals surface area (Å²) in [7, 11) is 0. The van der Waals surface area contributed by atoms with Crippen LogP contribution in [0, 0.1) is 11.3 Å². The molecule has 4 heterocycles. The fraction of sp³-hybridized carbons (Fsp3) is 0.323. The Bertz CT molecular complexity index is 1810. The molecule has 0 unspecified atom stereocenters. The molecule has 41 heavy (non-hydrogen) atoms. The van der Waals surface area contributed by atoms with Gasteiger partial charge in [-0.05, 0) is 56.5 Å². The van der Waals surface area contributed by atoms with Gasteiger partial charge in [0.05, 0.1) is 41.6 Å². The van der Waals surface area contributed by atoms with Gasteiger partial charge in [0.15, 0.2) is 11.6 Å². The number of hydrogen-bond donors (Lipinski definition) is 1. The molecule has 1 fully saturated rings. The van der Waals surface area contributed by atoms with Gasteiger partial charge in [-0.1, -0.05) is 18.2 Å². The number of imidazole rings is 1. The summed E-state index contributed by atoms with van der Waals surface area (Å²) in [6.45, 7) is 6.55. The van der Waals surface area contributed by atoms with E-state index in [1.165, 1.54) is 6.07 Å². The zero-order chi connectivity index (χ0) is 28.6. The Morgan fingerprint density at radius 2 is 1.88 bits per heavy atom. The lowest BCUT2D eigenvalue weighted by Gasteiger charge is -2.39. The van der Waals surface area contributed by atoms with Crippen molar-refractivity contribution in [1.82, 2.24) is 28.8 Å². The summed E-state index contributed by atoms with van der Waals surface area (Å²) in [6, 6.07) is 17.1. The van der Waals surface area contributed by atoms with E-state index in [0.29, 0.717) is 53.9 Å². The Hall–Kier alpha value is -4.59. The SMILES string of the molecule is CC(C)N1CCC(O)(COc2cnc(-c3cccc(Cn4c(=O)ccn5c6cc(C#N)ccc6nc45)c3)nc2)CC1. The van der Waals surface area contributed by atoms with Crippen LogP contribution in [0.1, 0.15) is 37.8 Å². The van der Waals surface area contributed by atoms with Gasteiger partial charge in [-0.3, -0.25) is 13.8 Å². The van der Waals surface area contributed by atoms with E-state index in [1.807, 2.05) is 28.7 Å². The lowest BCUT2D eigenvalue weighted by atomic mass is 9.92. The van der Waals surface area contributed by atoms with Gasteiger partial charge in [0.2, 0.25) is 5.78 Å². The molecule has 0 bridgehead atoms. The van der Waals surface area contributed by atoms with Crippen LogP contribution in [-0.4, -0.2) is 65.3 Å². The van der Waals surface area contributed by atoms with E-state index in [9.17, 15) is 15.2 Å². The van der Waals surface area contributed by atoms with Crippen LogP contribution in [-0.2, 0) is 6.54 Å². The molecule has 208 valence electrons. The number of aromatic nitrogens is 5. The van der Waals surface area contributed by atoms with Gasteiger partial charge in [-0.25, -0.2) is 15.0 Å². The van der Waals surface area contributed by atoms with E-state index in [1.54, 1.807) is 41.4 Å². The summed E-state index contributed by atoms with van der Waals surface area (Å²) in [5, 5.41) is 20.2. The standard InChI is InChI=1S/C31H31N7O3/c1-21(2)36-12-9-31(40,10-13-36)20-41-25-17-33-29(34-18-25)24-5-3-4-23(14-24)19-38-28(39)8-11-37-27-15-22(16-32)6-7-26(27)35-30(37)38/h3-8,11,14-15,17-18,21,40H,9-10,12-13,19-20H2,1-2H3. The van der Waals surface area contributed by atoms with Crippen molar-refractivity contribution in [3.05, 3.63) is 88.6 Å². The van der Waals surface area contributed by atoms with E-state index >= 15 is 0 Å². The molecule has 1 aliphatic rings. The van der Waals surface area contributed by atoms with E-state index in [0.717, 1.165) is 29.7 Å². The number of rotatable bonds is 7. The summed E-state index contributed by atoms with van der Waals surface area (Å²) < 4.78 is 9.31. The smallest absolute Gasteiger partial charge is 0.255 e. The molecule has 0 radical (unpaired) electrons. The quantitative estimate of drug-likeness (QED) is 0.327. The normalized spacial score (nSPS) is 15.4. The number of piperidine rings is 1. The van der Waals surface area contributed by atoms with Crippen LogP contribution in [0.2, 0.25) is 0 Å². The summed E-state index contributed by atoms with van der Waals surface area (Å²) in [5.74, 6) is 1.54. The van der Waals surface area contributed by atoms with E-state index in [4.69, 9.17) is 4.74 Å². The van der Waals surface area contributed by atoms with Crippen LogP contribution >= 0.6 is 0 Å². The third-order valence-electron chi connectivity index (χ3n) is 7.79. The molecule has 10 heteroatoms. The van der Waals surface area contributed by atoms with Crippen LogP contribution in [0.4, 0.5) is 0 Å². The third kappa shape index (κ3) is 5.42. The molecule has 1 N–H and O–H groups in total. The first-order valence-corrected chi connectivity index (χ1v) is 13.7. The fourth-order valence-corrected chi connectivity index (χ4v) is 5.31. The molecular weight excluding hydrogens is 518 g/mol. The van der Waals surface area contributed by atoms with E-state index in [2.05, 4.69) is 39.8 Å². The van der Waals surface area contributed by atoms with Gasteiger partial charge in [0, 0.05) is 37.0 Å². The van der Waals surface area contributed by atoms with E-state index in [-0.39, 0.29) is 12.2 Å². The summed E-state index contributed by atoms with van der Waals surface area (Å²) in [4.78, 5) is 28.9. The minimum atomic E-state index is -0.849. The zero-order valence-electron chi connectivity index (χ0n) is 23.1. The highest BCUT2D eigenvalue weighted by molar-refractivity contribution is 5.81. The van der Waals surface area contributed by atoms with Crippen LogP contribution < -0.4 is 10.3 Å². The Morgan fingerprint density at radius 1 is 1.10 bits per heavy atom. The van der Waals surface area contributed by atoms with Crippen molar-refractivity contribution in [2.45, 2.75) is 44.9 Å². The van der Waals surface area contributed by atoms with Gasteiger partial charge < -0.3 is 14.7 Å². The molecule has 2 aromatic carbocycles. The largest absolute Gasteiger partial charge is 0.487 e. The molecule has 0 amide bonds. The Morgan fingerprint density at radius 3 is 2.61 bits per heavy atom. The van der Waals surface area contributed by atoms with Crippen molar-refractivity contribution in [2.75, 3.05) is 19.7 Å². The number of benzene rings is 2. The Labute approximate surface area is 237 Å². The van der Waals surface area contributed by atoms with Crippen molar-refractivity contribution >= 4 is 16.8 Å². The van der Waals surface area contributed by atoms with Gasteiger partial charge in [0.25, 0.3) is 5.56 Å². The number of aliphatic hydroxyl groups is 1. The van der Waals surface area contributed by atoms with Gasteiger partial charge in [-0.15, -0.1) is 0 Å². The Kier molecular flexibility index (Phi) is 6.99. The first-order chi connectivity index (χ1) is 19.8. The molecule has 3 aromatic heterocycles. The number of ether oxygens (including phenoxy) is 1. The second-order valence-corrected chi connectivity index (χ2v) is 10.9. The van der Waals surface area contributed by atoms with E-state index < -0.39 is 5.60 Å². The predicted octanol–water partition coefficient (Wildman–Crippen LogP) is 3.64. The van der Waals surface area contributed by atoms with Crippen molar-refractivity contribution in [3.8, 4) is 23.2 Å². The van der Waals surface area contributed by atoms with Crippen molar-refractivity contribution < 1.29 is 9.84 Å². The summed E-state index contributed by atoms with van der Waals surface area (Å²) in [5.41, 5.74) is 2.68.